The Kier molecular flexibility index (Phi) is 6.23. The van der Waals surface area contributed by atoms with Crippen LogP contribution in [0.1, 0.15) is 13.3 Å². The lowest BCUT2D eigenvalue weighted by atomic mass is 9.88. The summed E-state index contributed by atoms with van der Waals surface area (Å²) in [5, 5.41) is 3.26. The van der Waals surface area contributed by atoms with Gasteiger partial charge in [0.2, 0.25) is 5.91 Å². The van der Waals surface area contributed by atoms with Crippen LogP contribution in [0.3, 0.4) is 0 Å². The van der Waals surface area contributed by atoms with Crippen LogP contribution in [-0.2, 0) is 14.3 Å². The molecule has 1 amide bonds. The first-order valence-corrected chi connectivity index (χ1v) is 6.84. The Morgan fingerprint density at radius 2 is 1.90 bits per heavy atom. The van der Waals surface area contributed by atoms with Crippen molar-refractivity contribution in [1.29, 1.82) is 0 Å². The van der Waals surface area contributed by atoms with E-state index in [-0.39, 0.29) is 29.7 Å². The van der Waals surface area contributed by atoms with Gasteiger partial charge in [-0.2, -0.15) is 0 Å². The van der Waals surface area contributed by atoms with Gasteiger partial charge in [0.15, 0.2) is 0 Å². The smallest absolute Gasteiger partial charge is 0.319 e. The Morgan fingerprint density at radius 1 is 1.25 bits per heavy atom. The van der Waals surface area contributed by atoms with Crippen LogP contribution >= 0.6 is 12.4 Å². The molecule has 0 radical (unpaired) electrons. The normalized spacial score (nSPS) is 27.0. The highest BCUT2D eigenvalue weighted by molar-refractivity contribution is 5.85. The SMILES string of the molecule is COC(=O)CN1CCN(C(=O)C2(C)CCNC2)CC1.Cl. The molecule has 0 bridgehead atoms. The van der Waals surface area contributed by atoms with E-state index >= 15 is 0 Å². The number of amides is 1. The monoisotopic (exact) mass is 305 g/mol. The number of hydrogen-bond donors (Lipinski definition) is 1. The molecule has 0 saturated carbocycles. The number of nitrogens with one attached hydrogen (secondary N) is 1. The maximum absolute atomic E-state index is 12.5. The van der Waals surface area contributed by atoms with E-state index in [4.69, 9.17) is 0 Å². The Balaban J connectivity index is 0.00000200. The van der Waals surface area contributed by atoms with E-state index in [2.05, 4.69) is 10.1 Å². The van der Waals surface area contributed by atoms with Crippen LogP contribution in [0, 0.1) is 5.41 Å². The number of esters is 1. The summed E-state index contributed by atoms with van der Waals surface area (Å²) in [5.41, 5.74) is -0.246. The lowest BCUT2D eigenvalue weighted by Crippen LogP contribution is -2.53. The van der Waals surface area contributed by atoms with Crippen LogP contribution in [0.2, 0.25) is 0 Å². The van der Waals surface area contributed by atoms with E-state index in [1.54, 1.807) is 0 Å². The zero-order valence-electron chi connectivity index (χ0n) is 12.2. The van der Waals surface area contributed by atoms with E-state index in [9.17, 15) is 9.59 Å². The van der Waals surface area contributed by atoms with Crippen molar-refractivity contribution in [3.63, 3.8) is 0 Å². The summed E-state index contributed by atoms with van der Waals surface area (Å²) in [6.07, 6.45) is 0.911. The third-order valence-corrected chi connectivity index (χ3v) is 4.12. The number of piperazine rings is 1. The predicted octanol–water partition coefficient (Wildman–Crippen LogP) is -0.275. The van der Waals surface area contributed by atoms with Crippen molar-refractivity contribution in [3.05, 3.63) is 0 Å². The molecule has 0 aromatic heterocycles. The summed E-state index contributed by atoms with van der Waals surface area (Å²) >= 11 is 0. The van der Waals surface area contributed by atoms with Gasteiger partial charge in [0.25, 0.3) is 0 Å². The summed E-state index contributed by atoms with van der Waals surface area (Å²) in [4.78, 5) is 27.6. The van der Waals surface area contributed by atoms with Gasteiger partial charge in [0, 0.05) is 32.7 Å². The van der Waals surface area contributed by atoms with Crippen molar-refractivity contribution in [1.82, 2.24) is 15.1 Å². The largest absolute Gasteiger partial charge is 0.468 e. The van der Waals surface area contributed by atoms with Crippen molar-refractivity contribution in [2.75, 3.05) is 52.9 Å². The lowest BCUT2D eigenvalue weighted by molar-refractivity contribution is -0.144. The zero-order chi connectivity index (χ0) is 13.9. The summed E-state index contributed by atoms with van der Waals surface area (Å²) in [5.74, 6) is 0.0296. The van der Waals surface area contributed by atoms with Crippen LogP contribution < -0.4 is 5.32 Å². The van der Waals surface area contributed by atoms with Crippen molar-refractivity contribution >= 4 is 24.3 Å². The maximum Gasteiger partial charge on any atom is 0.319 e. The van der Waals surface area contributed by atoms with Crippen LogP contribution in [0.4, 0.5) is 0 Å². The zero-order valence-corrected chi connectivity index (χ0v) is 13.0. The quantitative estimate of drug-likeness (QED) is 0.727. The average Bonchev–Trinajstić information content (AvgIpc) is 2.87. The molecule has 2 saturated heterocycles. The van der Waals surface area contributed by atoms with Gasteiger partial charge in [-0.3, -0.25) is 14.5 Å². The lowest BCUT2D eigenvalue weighted by Gasteiger charge is -2.37. The van der Waals surface area contributed by atoms with Gasteiger partial charge >= 0.3 is 5.97 Å². The predicted molar refractivity (Wildman–Crippen MR) is 77.9 cm³/mol. The van der Waals surface area contributed by atoms with E-state index in [0.717, 1.165) is 32.6 Å². The first-order valence-electron chi connectivity index (χ1n) is 6.84. The maximum atomic E-state index is 12.5. The number of ether oxygens (including phenoxy) is 1. The van der Waals surface area contributed by atoms with Gasteiger partial charge in [0.1, 0.15) is 0 Å². The van der Waals surface area contributed by atoms with E-state index in [1.165, 1.54) is 7.11 Å². The van der Waals surface area contributed by atoms with Crippen molar-refractivity contribution in [3.8, 4) is 0 Å². The molecule has 1 atom stereocenters. The summed E-state index contributed by atoms with van der Waals surface area (Å²) in [6, 6.07) is 0. The number of rotatable bonds is 3. The molecule has 7 heteroatoms. The fourth-order valence-corrected chi connectivity index (χ4v) is 2.74. The van der Waals surface area contributed by atoms with Gasteiger partial charge in [0.05, 0.1) is 19.1 Å². The molecule has 2 aliphatic rings. The third kappa shape index (κ3) is 3.84. The average molecular weight is 306 g/mol. The molecule has 0 aromatic carbocycles. The van der Waals surface area contributed by atoms with Crippen LogP contribution in [0.25, 0.3) is 0 Å². The minimum atomic E-state index is -0.246. The first-order chi connectivity index (χ1) is 9.05. The molecular formula is C13H24ClN3O3. The Hall–Kier alpha value is -0.850. The Bertz CT molecular complexity index is 351. The summed E-state index contributed by atoms with van der Waals surface area (Å²) in [7, 11) is 1.40. The van der Waals surface area contributed by atoms with Crippen LogP contribution in [0.15, 0.2) is 0 Å². The van der Waals surface area contributed by atoms with E-state index in [0.29, 0.717) is 19.6 Å². The van der Waals surface area contributed by atoms with Gasteiger partial charge in [-0.15, -0.1) is 12.4 Å². The minimum absolute atomic E-state index is 0. The van der Waals surface area contributed by atoms with E-state index in [1.807, 2.05) is 16.7 Å². The Labute approximate surface area is 126 Å². The highest BCUT2D eigenvalue weighted by Crippen LogP contribution is 2.27. The fraction of sp³-hybridized carbons (Fsp3) is 0.846. The van der Waals surface area contributed by atoms with Crippen LogP contribution in [-0.4, -0.2) is 74.6 Å². The fourth-order valence-electron chi connectivity index (χ4n) is 2.74. The van der Waals surface area contributed by atoms with Gasteiger partial charge in [-0.25, -0.2) is 0 Å². The molecule has 0 aromatic rings. The van der Waals surface area contributed by atoms with Gasteiger partial charge in [-0.1, -0.05) is 0 Å². The second-order valence-electron chi connectivity index (χ2n) is 5.63. The molecule has 20 heavy (non-hydrogen) atoms. The highest BCUT2D eigenvalue weighted by Gasteiger charge is 2.39. The molecule has 116 valence electrons. The number of carbonyl (C=O) groups is 2. The standard InChI is InChI=1S/C13H23N3O3.ClH/c1-13(3-4-14-10-13)12(18)16-7-5-15(6-8-16)9-11(17)19-2;/h14H,3-10H2,1-2H3;1H. The van der Waals surface area contributed by atoms with Crippen LogP contribution in [0.5, 0.6) is 0 Å². The highest BCUT2D eigenvalue weighted by atomic mass is 35.5. The number of methoxy groups -OCH3 is 1. The van der Waals surface area contributed by atoms with Crippen molar-refractivity contribution in [2.45, 2.75) is 13.3 Å². The molecule has 0 spiro atoms. The second kappa shape index (κ2) is 7.24. The summed E-state index contributed by atoms with van der Waals surface area (Å²) in [6.45, 7) is 6.93. The molecule has 2 aliphatic heterocycles. The molecule has 2 fully saturated rings. The molecule has 2 rings (SSSR count). The number of hydrogen-bond acceptors (Lipinski definition) is 5. The topological polar surface area (TPSA) is 61.9 Å². The van der Waals surface area contributed by atoms with E-state index < -0.39 is 0 Å². The second-order valence-corrected chi connectivity index (χ2v) is 5.63. The molecule has 1 unspecified atom stereocenters. The molecule has 2 heterocycles. The molecule has 1 N–H and O–H groups in total. The number of carbonyl (C=O) groups excluding carboxylic acids is 2. The first kappa shape index (κ1) is 17.2. The third-order valence-electron chi connectivity index (χ3n) is 4.12. The molecular weight excluding hydrogens is 282 g/mol. The van der Waals surface area contributed by atoms with Crippen molar-refractivity contribution < 1.29 is 14.3 Å². The molecule has 6 nitrogen and oxygen atoms in total. The van der Waals surface area contributed by atoms with Crippen molar-refractivity contribution in [2.24, 2.45) is 5.41 Å². The summed E-state index contributed by atoms with van der Waals surface area (Å²) < 4.78 is 4.66. The number of halogens is 1. The van der Waals surface area contributed by atoms with Gasteiger partial charge < -0.3 is 15.0 Å². The Morgan fingerprint density at radius 3 is 2.40 bits per heavy atom. The van der Waals surface area contributed by atoms with Gasteiger partial charge in [-0.05, 0) is 19.9 Å². The minimum Gasteiger partial charge on any atom is -0.468 e. The number of nitrogens with zero attached hydrogens (tertiary/aromatic N) is 2. The molecule has 0 aliphatic carbocycles.